The van der Waals surface area contributed by atoms with Crippen molar-refractivity contribution >= 4 is 52.1 Å². The Labute approximate surface area is 168 Å². The summed E-state index contributed by atoms with van der Waals surface area (Å²) in [4.78, 5) is 16.5. The Morgan fingerprint density at radius 1 is 1.15 bits per heavy atom. The van der Waals surface area contributed by atoms with Gasteiger partial charge in [-0.15, -0.1) is 0 Å². The standard InChI is InChI=1S/C18H22Cl2N6O/c1-9(2)14-8-15(24-16(10(3)21)17(14)22-4)25-26-18(27)23-13-6-11(19)5-12(20)7-13/h5-9,21-22H,1-4H3,(H,24,25)(H2,23,26,27). The van der Waals surface area contributed by atoms with Crippen molar-refractivity contribution in [3.8, 4) is 0 Å². The zero-order chi connectivity index (χ0) is 20.1. The fraction of sp³-hybridized carbons (Fsp3) is 0.278. The van der Waals surface area contributed by atoms with Crippen LogP contribution in [0.4, 0.5) is 22.0 Å². The maximum atomic E-state index is 12.1. The third-order valence-corrected chi connectivity index (χ3v) is 4.14. The topological polar surface area (TPSA) is 102 Å². The maximum Gasteiger partial charge on any atom is 0.337 e. The predicted molar refractivity (Wildman–Crippen MR) is 113 cm³/mol. The fourth-order valence-electron chi connectivity index (χ4n) is 2.53. The van der Waals surface area contributed by atoms with Crippen LogP contribution in [0.15, 0.2) is 24.3 Å². The van der Waals surface area contributed by atoms with Gasteiger partial charge in [0.15, 0.2) is 0 Å². The molecule has 9 heteroatoms. The molecule has 1 heterocycles. The number of pyridine rings is 1. The lowest BCUT2D eigenvalue weighted by molar-refractivity contribution is 0.254. The number of carbonyl (C=O) groups excluding carboxylic acids is 1. The van der Waals surface area contributed by atoms with Crippen LogP contribution < -0.4 is 21.5 Å². The smallest absolute Gasteiger partial charge is 0.337 e. The molecule has 27 heavy (non-hydrogen) atoms. The van der Waals surface area contributed by atoms with Gasteiger partial charge in [-0.2, -0.15) is 0 Å². The van der Waals surface area contributed by atoms with E-state index < -0.39 is 6.03 Å². The molecule has 0 aliphatic rings. The van der Waals surface area contributed by atoms with E-state index in [2.05, 4.69) is 26.5 Å². The van der Waals surface area contributed by atoms with E-state index in [1.807, 2.05) is 19.9 Å². The Morgan fingerprint density at radius 3 is 2.30 bits per heavy atom. The molecule has 0 aliphatic carbocycles. The van der Waals surface area contributed by atoms with Crippen LogP contribution in [-0.2, 0) is 0 Å². The molecule has 0 atom stereocenters. The molecule has 0 spiro atoms. The largest absolute Gasteiger partial charge is 0.386 e. The number of aromatic nitrogens is 1. The van der Waals surface area contributed by atoms with E-state index in [1.54, 1.807) is 32.2 Å². The molecule has 144 valence electrons. The average Bonchev–Trinajstić information content (AvgIpc) is 2.57. The molecule has 2 aromatic rings. The molecule has 0 saturated carbocycles. The van der Waals surface area contributed by atoms with E-state index >= 15 is 0 Å². The number of nitrogens with zero attached hydrogens (tertiary/aromatic N) is 1. The Kier molecular flexibility index (Phi) is 6.87. The number of amides is 2. The first kappa shape index (κ1) is 20.8. The molecule has 1 aromatic carbocycles. The van der Waals surface area contributed by atoms with E-state index in [-0.39, 0.29) is 5.92 Å². The van der Waals surface area contributed by atoms with Gasteiger partial charge in [-0.05, 0) is 42.7 Å². The van der Waals surface area contributed by atoms with Crippen molar-refractivity contribution in [2.24, 2.45) is 0 Å². The number of anilines is 3. The first-order chi connectivity index (χ1) is 12.7. The molecule has 0 aliphatic heterocycles. The van der Waals surface area contributed by atoms with Gasteiger partial charge in [0.2, 0.25) is 0 Å². The Morgan fingerprint density at radius 2 is 1.78 bits per heavy atom. The summed E-state index contributed by atoms with van der Waals surface area (Å²) in [5.41, 5.74) is 8.39. The van der Waals surface area contributed by atoms with Gasteiger partial charge in [0.05, 0.1) is 11.4 Å². The second kappa shape index (κ2) is 8.92. The number of nitrogens with one attached hydrogen (secondary N) is 5. The first-order valence-corrected chi connectivity index (χ1v) is 9.04. The lowest BCUT2D eigenvalue weighted by Crippen LogP contribution is -2.34. The number of benzene rings is 1. The maximum absolute atomic E-state index is 12.1. The van der Waals surface area contributed by atoms with Crippen LogP contribution >= 0.6 is 23.2 Å². The van der Waals surface area contributed by atoms with Crippen molar-refractivity contribution in [3.63, 3.8) is 0 Å². The molecule has 0 radical (unpaired) electrons. The van der Waals surface area contributed by atoms with E-state index in [4.69, 9.17) is 28.6 Å². The zero-order valence-corrected chi connectivity index (χ0v) is 17.0. The van der Waals surface area contributed by atoms with Gasteiger partial charge >= 0.3 is 6.03 Å². The molecular weight excluding hydrogens is 387 g/mol. The Balaban J connectivity index is 2.17. The first-order valence-electron chi connectivity index (χ1n) is 8.28. The van der Waals surface area contributed by atoms with Gasteiger partial charge in [-0.25, -0.2) is 9.78 Å². The minimum absolute atomic E-state index is 0.205. The third kappa shape index (κ3) is 5.48. The summed E-state index contributed by atoms with van der Waals surface area (Å²) in [7, 11) is 1.80. The van der Waals surface area contributed by atoms with Gasteiger partial charge in [-0.1, -0.05) is 37.0 Å². The van der Waals surface area contributed by atoms with E-state index in [0.29, 0.717) is 33.0 Å². The number of urea groups is 1. The molecule has 0 bridgehead atoms. The van der Waals surface area contributed by atoms with Gasteiger partial charge in [-0.3, -0.25) is 10.9 Å². The summed E-state index contributed by atoms with van der Waals surface area (Å²) >= 11 is 11.8. The third-order valence-electron chi connectivity index (χ3n) is 3.70. The van der Waals surface area contributed by atoms with Crippen molar-refractivity contribution in [2.75, 3.05) is 23.1 Å². The minimum atomic E-state index is -0.507. The molecule has 0 unspecified atom stereocenters. The van der Waals surface area contributed by atoms with E-state index in [0.717, 1.165) is 11.3 Å². The van der Waals surface area contributed by atoms with Crippen molar-refractivity contribution in [1.29, 1.82) is 5.41 Å². The number of hydrogen-bond donors (Lipinski definition) is 5. The Hall–Kier alpha value is -2.51. The number of rotatable bonds is 6. The number of carbonyl (C=O) groups is 1. The van der Waals surface area contributed by atoms with Gasteiger partial charge in [0, 0.05) is 22.8 Å². The molecule has 2 amide bonds. The van der Waals surface area contributed by atoms with Crippen molar-refractivity contribution in [2.45, 2.75) is 26.7 Å². The highest BCUT2D eigenvalue weighted by atomic mass is 35.5. The molecule has 0 saturated heterocycles. The molecule has 5 N–H and O–H groups in total. The van der Waals surface area contributed by atoms with Crippen LogP contribution in [-0.4, -0.2) is 23.8 Å². The Bertz CT molecular complexity index is 849. The van der Waals surface area contributed by atoms with E-state index in [9.17, 15) is 4.79 Å². The van der Waals surface area contributed by atoms with Gasteiger partial charge in [0.1, 0.15) is 11.5 Å². The number of hydrazine groups is 1. The lowest BCUT2D eigenvalue weighted by atomic mass is 9.99. The fourth-order valence-corrected chi connectivity index (χ4v) is 3.05. The SMILES string of the molecule is CNc1c(C(C)C)cc(NNC(=O)Nc2cc(Cl)cc(Cl)c2)nc1C(C)=N. The molecule has 7 nitrogen and oxygen atoms in total. The van der Waals surface area contributed by atoms with Crippen molar-refractivity contribution in [1.82, 2.24) is 10.4 Å². The quantitative estimate of drug-likeness (QED) is 0.339. The second-order valence-corrected chi connectivity index (χ2v) is 7.09. The van der Waals surface area contributed by atoms with Crippen LogP contribution in [0.25, 0.3) is 0 Å². The van der Waals surface area contributed by atoms with Crippen LogP contribution in [0.2, 0.25) is 10.0 Å². The molecule has 0 fully saturated rings. The summed E-state index contributed by atoms with van der Waals surface area (Å²) in [5.74, 6) is 0.634. The molecule has 2 rings (SSSR count). The van der Waals surface area contributed by atoms with Crippen LogP contribution in [0.3, 0.4) is 0 Å². The van der Waals surface area contributed by atoms with E-state index in [1.165, 1.54) is 0 Å². The predicted octanol–water partition coefficient (Wildman–Crippen LogP) is 5.09. The summed E-state index contributed by atoms with van der Waals surface area (Å²) in [5, 5.41) is 14.5. The molecular formula is C18H22Cl2N6O. The highest BCUT2D eigenvalue weighted by Gasteiger charge is 2.16. The van der Waals surface area contributed by atoms with Gasteiger partial charge < -0.3 is 16.0 Å². The number of hydrogen-bond acceptors (Lipinski definition) is 5. The molecule has 1 aromatic heterocycles. The minimum Gasteiger partial charge on any atom is -0.386 e. The highest BCUT2D eigenvalue weighted by molar-refractivity contribution is 6.35. The lowest BCUT2D eigenvalue weighted by Gasteiger charge is -2.18. The average molecular weight is 409 g/mol. The van der Waals surface area contributed by atoms with Crippen LogP contribution in [0, 0.1) is 5.41 Å². The monoisotopic (exact) mass is 408 g/mol. The summed E-state index contributed by atoms with van der Waals surface area (Å²) in [6.45, 7) is 5.76. The summed E-state index contributed by atoms with van der Waals surface area (Å²) in [6.07, 6.45) is 0. The summed E-state index contributed by atoms with van der Waals surface area (Å²) in [6, 6.07) is 6.07. The van der Waals surface area contributed by atoms with Crippen LogP contribution in [0.5, 0.6) is 0 Å². The number of halogens is 2. The summed E-state index contributed by atoms with van der Waals surface area (Å²) < 4.78 is 0. The van der Waals surface area contributed by atoms with Crippen molar-refractivity contribution < 1.29 is 4.79 Å². The van der Waals surface area contributed by atoms with Crippen molar-refractivity contribution in [3.05, 3.63) is 45.6 Å². The second-order valence-electron chi connectivity index (χ2n) is 6.21. The highest BCUT2D eigenvalue weighted by Crippen LogP contribution is 2.29. The van der Waals surface area contributed by atoms with Crippen LogP contribution in [0.1, 0.15) is 37.9 Å². The normalized spacial score (nSPS) is 10.5. The zero-order valence-electron chi connectivity index (χ0n) is 15.5. The van der Waals surface area contributed by atoms with Gasteiger partial charge in [0.25, 0.3) is 0 Å².